The van der Waals surface area contributed by atoms with Crippen LogP contribution in [0.3, 0.4) is 0 Å². The molecule has 168 valence electrons. The smallest absolute Gasteiger partial charge is 0.257 e. The summed E-state index contributed by atoms with van der Waals surface area (Å²) >= 11 is 0. The summed E-state index contributed by atoms with van der Waals surface area (Å²) < 4.78 is 11.2. The van der Waals surface area contributed by atoms with Gasteiger partial charge < -0.3 is 19.0 Å². The summed E-state index contributed by atoms with van der Waals surface area (Å²) in [4.78, 5) is 22.2. The lowest BCUT2D eigenvalue weighted by atomic mass is 9.87. The number of ether oxygens (including phenoxy) is 1. The average molecular weight is 435 g/mol. The van der Waals surface area contributed by atoms with E-state index in [1.165, 1.54) is 12.5 Å². The van der Waals surface area contributed by atoms with Crippen LogP contribution in [-0.2, 0) is 17.8 Å². The minimum absolute atomic E-state index is 0.00160. The minimum Gasteiger partial charge on any atom is -0.472 e. The number of pyridine rings is 1. The van der Waals surface area contributed by atoms with Gasteiger partial charge in [-0.2, -0.15) is 5.26 Å². The van der Waals surface area contributed by atoms with E-state index < -0.39 is 0 Å². The average Bonchev–Trinajstić information content (AvgIpc) is 3.49. The second-order valence-electron chi connectivity index (χ2n) is 9.78. The molecule has 0 radical (unpaired) electrons. The molecule has 1 saturated heterocycles. The Bertz CT molecular complexity index is 1070. The number of aromatic nitrogens is 1. The molecule has 0 unspecified atom stereocenters. The summed E-state index contributed by atoms with van der Waals surface area (Å²) in [6.45, 7) is 8.73. The fourth-order valence-corrected chi connectivity index (χ4v) is 5.04. The predicted octanol–water partition coefficient (Wildman–Crippen LogP) is 4.02. The van der Waals surface area contributed by atoms with Crippen LogP contribution in [0.2, 0.25) is 0 Å². The van der Waals surface area contributed by atoms with E-state index in [1.807, 2.05) is 4.90 Å². The molecule has 32 heavy (non-hydrogen) atoms. The van der Waals surface area contributed by atoms with Crippen molar-refractivity contribution in [3.05, 3.63) is 46.5 Å². The van der Waals surface area contributed by atoms with Gasteiger partial charge in [0.05, 0.1) is 35.3 Å². The summed E-state index contributed by atoms with van der Waals surface area (Å²) in [5.74, 6) is 1.27. The Kier molecular flexibility index (Phi) is 5.21. The molecule has 1 saturated carbocycles. The van der Waals surface area contributed by atoms with Gasteiger partial charge in [-0.1, -0.05) is 6.92 Å². The number of hydrogen-bond donors (Lipinski definition) is 0. The van der Waals surface area contributed by atoms with E-state index in [2.05, 4.69) is 31.7 Å². The molecule has 0 spiro atoms. The fourth-order valence-electron chi connectivity index (χ4n) is 5.04. The highest BCUT2D eigenvalue weighted by Gasteiger charge is 2.38. The number of carbonyl (C=O) groups is 1. The minimum atomic E-state index is -0.292. The number of furan rings is 1. The van der Waals surface area contributed by atoms with Crippen molar-refractivity contribution in [2.45, 2.75) is 70.6 Å². The Hall–Kier alpha value is -2.85. The van der Waals surface area contributed by atoms with E-state index in [-0.39, 0.29) is 17.6 Å². The lowest BCUT2D eigenvalue weighted by Gasteiger charge is -2.42. The van der Waals surface area contributed by atoms with Gasteiger partial charge in [-0.25, -0.2) is 4.98 Å². The molecule has 2 aromatic heterocycles. The van der Waals surface area contributed by atoms with Crippen molar-refractivity contribution in [3.8, 4) is 6.07 Å². The van der Waals surface area contributed by atoms with E-state index in [4.69, 9.17) is 14.1 Å². The van der Waals surface area contributed by atoms with Gasteiger partial charge in [-0.05, 0) is 44.7 Å². The molecule has 1 atom stereocenters. The summed E-state index contributed by atoms with van der Waals surface area (Å²) in [7, 11) is 0. The van der Waals surface area contributed by atoms with Gasteiger partial charge in [0.25, 0.3) is 5.91 Å². The number of nitrogens with zero attached hydrogens (tertiary/aromatic N) is 4. The number of piperazine rings is 1. The fraction of sp³-hybridized carbons (Fsp3) is 0.560. The molecule has 5 rings (SSSR count). The summed E-state index contributed by atoms with van der Waals surface area (Å²) in [5.41, 5.74) is 4.34. The topological polar surface area (TPSA) is 82.6 Å². The molecule has 0 aromatic carbocycles. The van der Waals surface area contributed by atoms with Gasteiger partial charge in [-0.3, -0.25) is 4.79 Å². The zero-order chi connectivity index (χ0) is 22.5. The van der Waals surface area contributed by atoms with Crippen LogP contribution in [0.1, 0.15) is 78.7 Å². The quantitative estimate of drug-likeness (QED) is 0.723. The molecular formula is C25H30N4O3. The van der Waals surface area contributed by atoms with Gasteiger partial charge in [0.2, 0.25) is 0 Å². The first kappa shape index (κ1) is 21.0. The third-order valence-electron chi connectivity index (χ3n) is 6.99. The largest absolute Gasteiger partial charge is 0.472 e. The predicted molar refractivity (Wildman–Crippen MR) is 120 cm³/mol. The Morgan fingerprint density at radius 3 is 2.78 bits per heavy atom. The second kappa shape index (κ2) is 7.93. The molecule has 7 nitrogen and oxygen atoms in total. The molecule has 3 aliphatic rings. The van der Waals surface area contributed by atoms with Crippen molar-refractivity contribution in [2.75, 3.05) is 24.5 Å². The lowest BCUT2D eigenvalue weighted by molar-refractivity contribution is -0.0407. The third kappa shape index (κ3) is 3.67. The monoisotopic (exact) mass is 434 g/mol. The molecule has 2 aromatic rings. The van der Waals surface area contributed by atoms with Crippen molar-refractivity contribution < 1.29 is 13.9 Å². The Morgan fingerprint density at radius 2 is 2.12 bits per heavy atom. The van der Waals surface area contributed by atoms with E-state index >= 15 is 0 Å². The van der Waals surface area contributed by atoms with Crippen LogP contribution in [0, 0.1) is 11.3 Å². The Morgan fingerprint density at radius 1 is 1.31 bits per heavy atom. The van der Waals surface area contributed by atoms with Gasteiger partial charge in [0.15, 0.2) is 0 Å². The highest BCUT2D eigenvalue weighted by atomic mass is 16.5. The van der Waals surface area contributed by atoms with E-state index in [0.29, 0.717) is 43.3 Å². The molecule has 7 heteroatoms. The van der Waals surface area contributed by atoms with Gasteiger partial charge in [0, 0.05) is 43.6 Å². The van der Waals surface area contributed by atoms with E-state index in [9.17, 15) is 10.1 Å². The molecule has 1 aliphatic carbocycles. The maximum Gasteiger partial charge on any atom is 0.257 e. The first-order valence-electron chi connectivity index (χ1n) is 11.6. The third-order valence-corrected chi connectivity index (χ3v) is 6.99. The van der Waals surface area contributed by atoms with Crippen molar-refractivity contribution in [3.63, 3.8) is 0 Å². The highest BCUT2D eigenvalue weighted by molar-refractivity contribution is 5.94. The molecule has 2 fully saturated rings. The number of amides is 1. The van der Waals surface area contributed by atoms with Gasteiger partial charge in [0.1, 0.15) is 18.2 Å². The molecule has 2 aliphatic heterocycles. The van der Waals surface area contributed by atoms with Crippen LogP contribution in [0.15, 0.2) is 23.0 Å². The Balaban J connectivity index is 1.49. The number of hydrogen-bond acceptors (Lipinski definition) is 6. The van der Waals surface area contributed by atoms with Crippen molar-refractivity contribution in [2.24, 2.45) is 0 Å². The van der Waals surface area contributed by atoms with Gasteiger partial charge >= 0.3 is 0 Å². The van der Waals surface area contributed by atoms with Crippen LogP contribution in [-0.4, -0.2) is 47.1 Å². The van der Waals surface area contributed by atoms with Crippen LogP contribution in [0.4, 0.5) is 5.82 Å². The number of rotatable bonds is 4. The lowest BCUT2D eigenvalue weighted by Crippen LogP contribution is -2.55. The second-order valence-corrected chi connectivity index (χ2v) is 9.78. The van der Waals surface area contributed by atoms with Crippen molar-refractivity contribution >= 4 is 11.7 Å². The first-order chi connectivity index (χ1) is 15.4. The normalized spacial score (nSPS) is 22.4. The Labute approximate surface area is 189 Å². The maximum absolute atomic E-state index is 13.0. The van der Waals surface area contributed by atoms with Crippen LogP contribution >= 0.6 is 0 Å². The van der Waals surface area contributed by atoms with E-state index in [1.54, 1.807) is 6.07 Å². The first-order valence-corrected chi connectivity index (χ1v) is 11.6. The van der Waals surface area contributed by atoms with Crippen molar-refractivity contribution in [1.29, 1.82) is 5.26 Å². The van der Waals surface area contributed by atoms with Crippen molar-refractivity contribution in [1.82, 2.24) is 9.88 Å². The van der Waals surface area contributed by atoms with Crippen LogP contribution < -0.4 is 4.90 Å². The number of carbonyl (C=O) groups excluding carboxylic acids is 1. The molecular weight excluding hydrogens is 404 g/mol. The van der Waals surface area contributed by atoms with Crippen LogP contribution in [0.5, 0.6) is 0 Å². The van der Waals surface area contributed by atoms with Gasteiger partial charge in [-0.15, -0.1) is 0 Å². The maximum atomic E-state index is 13.0. The highest BCUT2D eigenvalue weighted by Crippen LogP contribution is 2.45. The standard InChI is InChI=1S/C25H30N4O3/c1-4-18-13-28(8-9-29(18)24(30)17-7-10-31-14-17)23-20(12-26)19-11-25(2,3)32-15-21(19)22(27-23)16-5-6-16/h7,10,14,16,18H,4-6,8-9,11,13,15H2,1-3H3/t18-/m1/s1. The summed E-state index contributed by atoms with van der Waals surface area (Å²) in [5, 5.41) is 10.2. The number of nitriles is 1. The molecule has 0 bridgehead atoms. The number of fused-ring (bicyclic) bond motifs is 1. The van der Waals surface area contributed by atoms with Crippen LogP contribution in [0.25, 0.3) is 0 Å². The zero-order valence-electron chi connectivity index (χ0n) is 19.1. The molecule has 4 heterocycles. The molecule has 0 N–H and O–H groups in total. The molecule has 1 amide bonds. The SMILES string of the molecule is CC[C@@H]1CN(c2nc(C3CC3)c3c(c2C#N)CC(C)(C)OC3)CCN1C(=O)c1ccoc1. The number of anilines is 1. The van der Waals surface area contributed by atoms with E-state index in [0.717, 1.165) is 48.3 Å². The summed E-state index contributed by atoms with van der Waals surface area (Å²) in [6.07, 6.45) is 6.90. The summed E-state index contributed by atoms with van der Waals surface area (Å²) in [6, 6.07) is 4.25. The zero-order valence-corrected chi connectivity index (χ0v) is 19.1.